The molecule has 16 heavy (non-hydrogen) atoms. The van der Waals surface area contributed by atoms with Gasteiger partial charge in [-0.25, -0.2) is 8.78 Å². The third-order valence-electron chi connectivity index (χ3n) is 2.35. The lowest BCUT2D eigenvalue weighted by atomic mass is 10.2. The smallest absolute Gasteiger partial charge is 0.319 e. The third-order valence-corrected chi connectivity index (χ3v) is 2.35. The van der Waals surface area contributed by atoms with Crippen LogP contribution in [0.25, 0.3) is 0 Å². The molecule has 0 radical (unpaired) electrons. The second-order valence-electron chi connectivity index (χ2n) is 3.75. The first-order valence-corrected chi connectivity index (χ1v) is 5.20. The Morgan fingerprint density at radius 2 is 2.19 bits per heavy atom. The minimum atomic E-state index is -3.95. The summed E-state index contributed by atoms with van der Waals surface area (Å²) >= 11 is 0. The van der Waals surface area contributed by atoms with E-state index >= 15 is 0 Å². The normalized spacial score (nSPS) is 22.7. The Morgan fingerprint density at radius 3 is 2.75 bits per heavy atom. The topological polar surface area (TPSA) is 33.3 Å². The number of morpholine rings is 1. The molecule has 1 fully saturated rings. The lowest BCUT2D eigenvalue weighted by molar-refractivity contribution is -0.125. The summed E-state index contributed by atoms with van der Waals surface area (Å²) in [5, 5.41) is 5.47. The number of halogens is 4. The molecule has 0 bridgehead atoms. The second kappa shape index (κ2) is 6.36. The van der Waals surface area contributed by atoms with E-state index in [2.05, 4.69) is 10.6 Å². The van der Waals surface area contributed by atoms with Crippen molar-refractivity contribution in [3.8, 4) is 0 Å². The molecule has 2 N–H and O–H groups in total. The van der Waals surface area contributed by atoms with Crippen molar-refractivity contribution in [3.63, 3.8) is 0 Å². The molecule has 0 aromatic rings. The molecule has 0 aromatic carbocycles. The zero-order chi connectivity index (χ0) is 12.0. The highest BCUT2D eigenvalue weighted by Crippen LogP contribution is 2.21. The Bertz CT molecular complexity index is 198. The van der Waals surface area contributed by atoms with Crippen LogP contribution in [0, 0.1) is 0 Å². The molecule has 0 aromatic heterocycles. The highest BCUT2D eigenvalue weighted by Gasteiger charge is 2.39. The van der Waals surface area contributed by atoms with Crippen LogP contribution >= 0.6 is 0 Å². The summed E-state index contributed by atoms with van der Waals surface area (Å²) in [5.41, 5.74) is 0. The number of ether oxygens (including phenoxy) is 1. The molecule has 0 amide bonds. The molecule has 3 nitrogen and oxygen atoms in total. The average Bonchev–Trinajstić information content (AvgIpc) is 2.26. The highest BCUT2D eigenvalue weighted by atomic mass is 19.3. The first-order valence-electron chi connectivity index (χ1n) is 5.20. The largest absolute Gasteiger partial charge is 0.379 e. The fourth-order valence-corrected chi connectivity index (χ4v) is 1.41. The van der Waals surface area contributed by atoms with Gasteiger partial charge in [0, 0.05) is 12.6 Å². The van der Waals surface area contributed by atoms with Crippen LogP contribution in [-0.4, -0.2) is 51.2 Å². The Morgan fingerprint density at radius 1 is 1.44 bits per heavy atom. The molecule has 1 aliphatic rings. The summed E-state index contributed by atoms with van der Waals surface area (Å²) in [4.78, 5) is 0. The van der Waals surface area contributed by atoms with Gasteiger partial charge in [0.2, 0.25) is 0 Å². The van der Waals surface area contributed by atoms with Crippen LogP contribution in [0.3, 0.4) is 0 Å². The Labute approximate surface area is 91.5 Å². The molecule has 0 spiro atoms. The van der Waals surface area contributed by atoms with Crippen molar-refractivity contribution in [1.29, 1.82) is 0 Å². The van der Waals surface area contributed by atoms with Gasteiger partial charge in [0.25, 0.3) is 0 Å². The van der Waals surface area contributed by atoms with Crippen LogP contribution in [0.15, 0.2) is 0 Å². The maximum absolute atomic E-state index is 12.5. The van der Waals surface area contributed by atoms with Gasteiger partial charge in [-0.05, 0) is 13.0 Å². The van der Waals surface area contributed by atoms with Gasteiger partial charge in [-0.2, -0.15) is 8.78 Å². The Kier molecular flexibility index (Phi) is 5.43. The third kappa shape index (κ3) is 4.63. The Hall–Kier alpha value is -0.400. The van der Waals surface area contributed by atoms with Gasteiger partial charge in [0.15, 0.2) is 0 Å². The van der Waals surface area contributed by atoms with Crippen molar-refractivity contribution in [2.24, 2.45) is 0 Å². The fraction of sp³-hybridized carbons (Fsp3) is 1.00. The van der Waals surface area contributed by atoms with Crippen LogP contribution in [0.1, 0.15) is 6.42 Å². The Balaban J connectivity index is 2.06. The minimum absolute atomic E-state index is 0.112. The molecule has 1 saturated heterocycles. The first-order chi connectivity index (χ1) is 7.52. The predicted octanol–water partition coefficient (Wildman–Crippen LogP) is 0.855. The molecule has 0 saturated carbocycles. The standard InChI is InChI=1S/C9H16F4N2O/c10-8(11)9(12,13)6-14-2-1-7-5-16-4-3-15-7/h7-8,14-15H,1-6H2. The summed E-state index contributed by atoms with van der Waals surface area (Å²) in [6, 6.07) is 0.112. The van der Waals surface area contributed by atoms with Gasteiger partial charge in [-0.1, -0.05) is 0 Å². The zero-order valence-electron chi connectivity index (χ0n) is 8.82. The average molecular weight is 244 g/mol. The fourth-order valence-electron chi connectivity index (χ4n) is 1.41. The van der Waals surface area contributed by atoms with Gasteiger partial charge in [-0.15, -0.1) is 0 Å². The van der Waals surface area contributed by atoms with Crippen LogP contribution < -0.4 is 10.6 Å². The SMILES string of the molecule is FC(F)C(F)(F)CNCCC1COCCN1. The van der Waals surface area contributed by atoms with Crippen molar-refractivity contribution in [1.82, 2.24) is 10.6 Å². The van der Waals surface area contributed by atoms with E-state index in [0.717, 1.165) is 6.54 Å². The molecule has 1 aliphatic heterocycles. The molecule has 1 atom stereocenters. The summed E-state index contributed by atoms with van der Waals surface area (Å²) < 4.78 is 53.6. The predicted molar refractivity (Wildman–Crippen MR) is 51.0 cm³/mol. The van der Waals surface area contributed by atoms with Crippen LogP contribution in [-0.2, 0) is 4.74 Å². The second-order valence-corrected chi connectivity index (χ2v) is 3.75. The molecule has 96 valence electrons. The van der Waals surface area contributed by atoms with E-state index in [9.17, 15) is 17.6 Å². The highest BCUT2D eigenvalue weighted by molar-refractivity contribution is 4.75. The van der Waals surface area contributed by atoms with Gasteiger partial charge in [-0.3, -0.25) is 0 Å². The van der Waals surface area contributed by atoms with Gasteiger partial charge >= 0.3 is 12.3 Å². The number of alkyl halides is 4. The molecular formula is C9H16F4N2O. The number of nitrogens with one attached hydrogen (secondary N) is 2. The molecule has 1 unspecified atom stereocenters. The summed E-state index contributed by atoms with van der Waals surface area (Å²) in [6.45, 7) is 1.19. The van der Waals surface area contributed by atoms with Crippen molar-refractivity contribution in [2.75, 3.05) is 32.8 Å². The van der Waals surface area contributed by atoms with Crippen molar-refractivity contribution in [3.05, 3.63) is 0 Å². The lowest BCUT2D eigenvalue weighted by Gasteiger charge is -2.24. The van der Waals surface area contributed by atoms with Crippen molar-refractivity contribution >= 4 is 0 Å². The monoisotopic (exact) mass is 244 g/mol. The quantitative estimate of drug-likeness (QED) is 0.537. The van der Waals surface area contributed by atoms with Gasteiger partial charge in [0.05, 0.1) is 19.8 Å². The van der Waals surface area contributed by atoms with Gasteiger partial charge in [0.1, 0.15) is 0 Å². The van der Waals surface area contributed by atoms with Gasteiger partial charge < -0.3 is 15.4 Å². The van der Waals surface area contributed by atoms with E-state index in [-0.39, 0.29) is 12.6 Å². The van der Waals surface area contributed by atoms with Crippen LogP contribution in [0.2, 0.25) is 0 Å². The summed E-state index contributed by atoms with van der Waals surface area (Å²) in [5.74, 6) is -3.95. The van der Waals surface area contributed by atoms with Crippen LogP contribution in [0.5, 0.6) is 0 Å². The zero-order valence-corrected chi connectivity index (χ0v) is 8.82. The van der Waals surface area contributed by atoms with E-state index < -0.39 is 18.9 Å². The van der Waals surface area contributed by atoms with E-state index in [4.69, 9.17) is 4.74 Å². The minimum Gasteiger partial charge on any atom is -0.379 e. The molecule has 7 heteroatoms. The molecule has 1 heterocycles. The molecule has 0 aliphatic carbocycles. The van der Waals surface area contributed by atoms with E-state index in [0.29, 0.717) is 19.6 Å². The lowest BCUT2D eigenvalue weighted by Crippen LogP contribution is -2.44. The maximum Gasteiger partial charge on any atom is 0.319 e. The number of hydrogen-bond acceptors (Lipinski definition) is 3. The van der Waals surface area contributed by atoms with Crippen molar-refractivity contribution in [2.45, 2.75) is 24.8 Å². The van der Waals surface area contributed by atoms with E-state index in [1.54, 1.807) is 0 Å². The first kappa shape index (κ1) is 13.7. The van der Waals surface area contributed by atoms with Crippen molar-refractivity contribution < 1.29 is 22.3 Å². The molecule has 1 rings (SSSR count). The maximum atomic E-state index is 12.5. The summed E-state index contributed by atoms with van der Waals surface area (Å²) in [7, 11) is 0. The van der Waals surface area contributed by atoms with E-state index in [1.165, 1.54) is 0 Å². The van der Waals surface area contributed by atoms with E-state index in [1.807, 2.05) is 0 Å². The number of rotatable bonds is 6. The summed E-state index contributed by atoms with van der Waals surface area (Å²) in [6.07, 6.45) is -3.03. The molecular weight excluding hydrogens is 228 g/mol. The van der Waals surface area contributed by atoms with Crippen LogP contribution in [0.4, 0.5) is 17.6 Å². The number of hydrogen-bond donors (Lipinski definition) is 2.